The molecule has 94 valence electrons. The SMILES string of the molecule is CCn1ncc(Br)c1C(=O)CSc1ccccc1. The van der Waals surface area contributed by atoms with Crippen LogP contribution in [0.5, 0.6) is 0 Å². The van der Waals surface area contributed by atoms with Crippen LogP contribution in [0.15, 0.2) is 45.9 Å². The van der Waals surface area contributed by atoms with E-state index in [0.29, 0.717) is 18.0 Å². The number of aryl methyl sites for hydroxylation is 1. The number of rotatable bonds is 5. The number of Topliss-reactive ketones (excluding diaryl/α,β-unsaturated/α-hetero) is 1. The molecule has 0 saturated heterocycles. The Balaban J connectivity index is 2.06. The van der Waals surface area contributed by atoms with Crippen LogP contribution in [0.1, 0.15) is 17.4 Å². The molecule has 5 heteroatoms. The molecule has 0 aliphatic carbocycles. The maximum Gasteiger partial charge on any atom is 0.192 e. The molecule has 0 spiro atoms. The lowest BCUT2D eigenvalue weighted by Crippen LogP contribution is -2.12. The highest BCUT2D eigenvalue weighted by atomic mass is 79.9. The zero-order valence-corrected chi connectivity index (χ0v) is 12.4. The summed E-state index contributed by atoms with van der Waals surface area (Å²) < 4.78 is 2.49. The normalized spacial score (nSPS) is 10.6. The van der Waals surface area contributed by atoms with E-state index in [2.05, 4.69) is 21.0 Å². The van der Waals surface area contributed by atoms with E-state index >= 15 is 0 Å². The van der Waals surface area contributed by atoms with Crippen molar-refractivity contribution < 1.29 is 4.79 Å². The Morgan fingerprint density at radius 1 is 1.39 bits per heavy atom. The van der Waals surface area contributed by atoms with Crippen molar-refractivity contribution in [3.8, 4) is 0 Å². The van der Waals surface area contributed by atoms with Crippen molar-refractivity contribution in [3.63, 3.8) is 0 Å². The summed E-state index contributed by atoms with van der Waals surface area (Å²) in [7, 11) is 0. The number of ketones is 1. The molecule has 1 heterocycles. The molecule has 0 fully saturated rings. The number of carbonyl (C=O) groups excluding carboxylic acids is 1. The van der Waals surface area contributed by atoms with Gasteiger partial charge in [-0.05, 0) is 35.0 Å². The predicted molar refractivity (Wildman–Crippen MR) is 77.1 cm³/mol. The fourth-order valence-electron chi connectivity index (χ4n) is 1.61. The second kappa shape index (κ2) is 6.20. The van der Waals surface area contributed by atoms with Crippen molar-refractivity contribution >= 4 is 33.5 Å². The Labute approximate surface area is 119 Å². The first-order valence-corrected chi connectivity index (χ1v) is 7.42. The van der Waals surface area contributed by atoms with Gasteiger partial charge in [-0.1, -0.05) is 18.2 Å². The van der Waals surface area contributed by atoms with Crippen molar-refractivity contribution in [3.05, 3.63) is 46.7 Å². The van der Waals surface area contributed by atoms with E-state index in [9.17, 15) is 4.79 Å². The molecule has 0 bridgehead atoms. The summed E-state index contributed by atoms with van der Waals surface area (Å²) >= 11 is 4.91. The van der Waals surface area contributed by atoms with Crippen LogP contribution < -0.4 is 0 Å². The maximum absolute atomic E-state index is 12.2. The van der Waals surface area contributed by atoms with Crippen LogP contribution in [-0.2, 0) is 6.54 Å². The third-order valence-corrected chi connectivity index (χ3v) is 4.06. The van der Waals surface area contributed by atoms with Gasteiger partial charge in [-0.15, -0.1) is 11.8 Å². The van der Waals surface area contributed by atoms with Gasteiger partial charge in [0.05, 0.1) is 16.4 Å². The van der Waals surface area contributed by atoms with E-state index in [1.807, 2.05) is 37.3 Å². The topological polar surface area (TPSA) is 34.9 Å². The molecule has 2 rings (SSSR count). The molecule has 18 heavy (non-hydrogen) atoms. The van der Waals surface area contributed by atoms with Gasteiger partial charge in [0.15, 0.2) is 5.78 Å². The fourth-order valence-corrected chi connectivity index (χ4v) is 2.91. The fraction of sp³-hybridized carbons (Fsp3) is 0.231. The molecule has 0 aliphatic heterocycles. The lowest BCUT2D eigenvalue weighted by atomic mass is 10.3. The number of hydrogen-bond donors (Lipinski definition) is 0. The van der Waals surface area contributed by atoms with Gasteiger partial charge in [0, 0.05) is 11.4 Å². The monoisotopic (exact) mass is 324 g/mol. The highest BCUT2D eigenvalue weighted by molar-refractivity contribution is 9.10. The van der Waals surface area contributed by atoms with Crippen LogP contribution in [0.25, 0.3) is 0 Å². The Morgan fingerprint density at radius 2 is 2.11 bits per heavy atom. The first kappa shape index (κ1) is 13.4. The molecule has 0 aliphatic rings. The molecule has 2 aromatic rings. The van der Waals surface area contributed by atoms with Gasteiger partial charge in [-0.25, -0.2) is 0 Å². The Kier molecular flexibility index (Phi) is 4.60. The summed E-state index contributed by atoms with van der Waals surface area (Å²) in [5, 5.41) is 4.15. The standard InChI is InChI=1S/C13H13BrN2OS/c1-2-16-13(11(14)8-15-16)12(17)9-18-10-6-4-3-5-7-10/h3-8H,2,9H2,1H3. The summed E-state index contributed by atoms with van der Waals surface area (Å²) in [6.07, 6.45) is 1.67. The van der Waals surface area contributed by atoms with E-state index in [1.165, 1.54) is 0 Å². The smallest absolute Gasteiger partial charge is 0.192 e. The van der Waals surface area contributed by atoms with Gasteiger partial charge in [0.25, 0.3) is 0 Å². The van der Waals surface area contributed by atoms with Crippen molar-refractivity contribution in [2.45, 2.75) is 18.4 Å². The van der Waals surface area contributed by atoms with Crippen molar-refractivity contribution in [1.29, 1.82) is 0 Å². The lowest BCUT2D eigenvalue weighted by Gasteiger charge is -2.04. The number of aromatic nitrogens is 2. The largest absolute Gasteiger partial charge is 0.291 e. The van der Waals surface area contributed by atoms with E-state index in [4.69, 9.17) is 0 Å². The third kappa shape index (κ3) is 3.03. The molecule has 0 atom stereocenters. The van der Waals surface area contributed by atoms with Gasteiger partial charge >= 0.3 is 0 Å². The van der Waals surface area contributed by atoms with Crippen LogP contribution in [0.4, 0.5) is 0 Å². The van der Waals surface area contributed by atoms with Crippen LogP contribution in [-0.4, -0.2) is 21.3 Å². The van der Waals surface area contributed by atoms with Gasteiger partial charge in [-0.2, -0.15) is 5.10 Å². The Hall–Kier alpha value is -1.07. The molecule has 0 radical (unpaired) electrons. The molecule has 1 aromatic carbocycles. The van der Waals surface area contributed by atoms with Crippen molar-refractivity contribution in [2.24, 2.45) is 0 Å². The highest BCUT2D eigenvalue weighted by Gasteiger charge is 2.16. The van der Waals surface area contributed by atoms with Gasteiger partial charge in [0.1, 0.15) is 5.69 Å². The number of hydrogen-bond acceptors (Lipinski definition) is 3. The zero-order valence-electron chi connectivity index (χ0n) is 9.97. The van der Waals surface area contributed by atoms with Gasteiger partial charge in [0.2, 0.25) is 0 Å². The zero-order chi connectivity index (χ0) is 13.0. The minimum atomic E-state index is 0.0927. The molecule has 3 nitrogen and oxygen atoms in total. The molecule has 0 saturated carbocycles. The highest BCUT2D eigenvalue weighted by Crippen LogP contribution is 2.22. The number of thioether (sulfide) groups is 1. The average molecular weight is 325 g/mol. The quantitative estimate of drug-likeness (QED) is 0.622. The van der Waals surface area contributed by atoms with Crippen LogP contribution in [0.2, 0.25) is 0 Å². The lowest BCUT2D eigenvalue weighted by molar-refractivity contribution is 0.101. The number of benzene rings is 1. The van der Waals surface area contributed by atoms with Crippen LogP contribution >= 0.6 is 27.7 Å². The molecule has 0 amide bonds. The van der Waals surface area contributed by atoms with Gasteiger partial charge < -0.3 is 0 Å². The van der Waals surface area contributed by atoms with Crippen molar-refractivity contribution in [2.75, 3.05) is 5.75 Å². The van der Waals surface area contributed by atoms with E-state index in [-0.39, 0.29) is 5.78 Å². The summed E-state index contributed by atoms with van der Waals surface area (Å²) in [6.45, 7) is 2.67. The second-order valence-corrected chi connectivity index (χ2v) is 5.58. The summed E-state index contributed by atoms with van der Waals surface area (Å²) in [5.74, 6) is 0.518. The molecule has 0 N–H and O–H groups in total. The first-order chi connectivity index (χ1) is 8.72. The minimum absolute atomic E-state index is 0.0927. The molecular formula is C13H13BrN2OS. The maximum atomic E-state index is 12.2. The van der Waals surface area contributed by atoms with E-state index < -0.39 is 0 Å². The third-order valence-electron chi connectivity index (χ3n) is 2.47. The Bertz CT molecular complexity index is 539. The molecule has 0 unspecified atom stereocenters. The molecular weight excluding hydrogens is 312 g/mol. The van der Waals surface area contributed by atoms with Crippen LogP contribution in [0.3, 0.4) is 0 Å². The average Bonchev–Trinajstić information content (AvgIpc) is 2.78. The molecule has 1 aromatic heterocycles. The summed E-state index contributed by atoms with van der Waals surface area (Å²) in [6, 6.07) is 9.92. The van der Waals surface area contributed by atoms with E-state index in [1.54, 1.807) is 22.6 Å². The van der Waals surface area contributed by atoms with Crippen LogP contribution in [0, 0.1) is 0 Å². The number of halogens is 1. The second-order valence-electron chi connectivity index (χ2n) is 3.68. The van der Waals surface area contributed by atoms with Crippen molar-refractivity contribution in [1.82, 2.24) is 9.78 Å². The summed E-state index contributed by atoms with van der Waals surface area (Å²) in [4.78, 5) is 13.3. The Morgan fingerprint density at radius 3 is 2.78 bits per heavy atom. The number of nitrogens with zero attached hydrogens (tertiary/aromatic N) is 2. The number of carbonyl (C=O) groups is 1. The van der Waals surface area contributed by atoms with Gasteiger partial charge in [-0.3, -0.25) is 9.48 Å². The summed E-state index contributed by atoms with van der Waals surface area (Å²) in [5.41, 5.74) is 0.654. The van der Waals surface area contributed by atoms with E-state index in [0.717, 1.165) is 9.37 Å². The predicted octanol–water partition coefficient (Wildman–Crippen LogP) is 3.64. The minimum Gasteiger partial charge on any atom is -0.291 e. The first-order valence-electron chi connectivity index (χ1n) is 5.64.